The molecule has 0 spiro atoms. The molecule has 0 amide bonds. The average Bonchev–Trinajstić information content (AvgIpc) is 2.41. The van der Waals surface area contributed by atoms with Crippen LogP contribution in [0.3, 0.4) is 0 Å². The summed E-state index contributed by atoms with van der Waals surface area (Å²) in [6.07, 6.45) is 9.00. The first kappa shape index (κ1) is 18.9. The Bertz CT molecular complexity index is 253. The third-order valence-electron chi connectivity index (χ3n) is 3.09. The number of carbonyl (C=O) groups excluding carboxylic acids is 1. The highest BCUT2D eigenvalue weighted by molar-refractivity contribution is 5.69. The zero-order chi connectivity index (χ0) is 15.1. The van der Waals surface area contributed by atoms with Crippen LogP contribution in [0.2, 0.25) is 0 Å². The third kappa shape index (κ3) is 15.0. The predicted molar refractivity (Wildman–Crippen MR) is 76.5 cm³/mol. The molecule has 0 aliphatic heterocycles. The molecule has 0 heterocycles. The fourth-order valence-electron chi connectivity index (χ4n) is 1.90. The number of esters is 1. The van der Waals surface area contributed by atoms with Gasteiger partial charge in [-0.25, -0.2) is 0 Å². The topological polar surface area (TPSA) is 83.8 Å². The van der Waals surface area contributed by atoms with Crippen LogP contribution in [0, 0.1) is 0 Å². The predicted octanol–water partition coefficient (Wildman–Crippen LogP) is 2.90. The maximum absolute atomic E-state index is 11.3. The van der Waals surface area contributed by atoms with Gasteiger partial charge in [-0.2, -0.15) is 0 Å². The first-order chi connectivity index (χ1) is 9.66. The molecule has 0 aromatic carbocycles. The lowest BCUT2D eigenvalue weighted by Gasteiger charge is -2.04. The van der Waals surface area contributed by atoms with Crippen LogP contribution >= 0.6 is 0 Å². The minimum atomic E-state index is -0.720. The van der Waals surface area contributed by atoms with Gasteiger partial charge in [-0.1, -0.05) is 32.1 Å². The van der Waals surface area contributed by atoms with E-state index >= 15 is 0 Å². The Morgan fingerprint density at radius 2 is 1.30 bits per heavy atom. The summed E-state index contributed by atoms with van der Waals surface area (Å²) in [7, 11) is 0. The first-order valence-electron chi connectivity index (χ1n) is 7.65. The molecule has 0 rings (SSSR count). The van der Waals surface area contributed by atoms with E-state index in [1.54, 1.807) is 0 Å². The Morgan fingerprint density at radius 1 is 0.750 bits per heavy atom. The number of ether oxygens (including phenoxy) is 1. The standard InChI is InChI=1S/C15H28O5/c16-12-8-9-13-20-15(19)11-7-5-3-1-2-4-6-10-14(17)18/h16H,1-13H2,(H,17,18). The number of aliphatic carboxylic acids is 1. The number of aliphatic hydroxyl groups excluding tert-OH is 1. The number of hydrogen-bond donors (Lipinski definition) is 2. The van der Waals surface area contributed by atoms with Gasteiger partial charge in [0.1, 0.15) is 0 Å². The van der Waals surface area contributed by atoms with Gasteiger partial charge in [-0.3, -0.25) is 9.59 Å². The molecule has 5 nitrogen and oxygen atoms in total. The number of carboxylic acid groups (broad SMARTS) is 1. The number of carboxylic acids is 1. The molecule has 0 aliphatic rings. The van der Waals surface area contributed by atoms with E-state index < -0.39 is 5.97 Å². The summed E-state index contributed by atoms with van der Waals surface area (Å²) in [5, 5.41) is 17.0. The Morgan fingerprint density at radius 3 is 1.85 bits per heavy atom. The molecule has 2 N–H and O–H groups in total. The second-order valence-corrected chi connectivity index (χ2v) is 5.02. The molecule has 0 radical (unpaired) electrons. The number of aliphatic hydroxyl groups is 1. The Hall–Kier alpha value is -1.10. The SMILES string of the molecule is O=C(O)CCCCCCCCCC(=O)OCCCCO. The van der Waals surface area contributed by atoms with Gasteiger partial charge in [-0.15, -0.1) is 0 Å². The summed E-state index contributed by atoms with van der Waals surface area (Å²) in [6, 6.07) is 0. The number of hydrogen-bond acceptors (Lipinski definition) is 4. The van der Waals surface area contributed by atoms with Crippen LogP contribution in [0.1, 0.15) is 70.6 Å². The van der Waals surface area contributed by atoms with Crippen LogP contribution in [0.15, 0.2) is 0 Å². The molecule has 0 aromatic heterocycles. The van der Waals surface area contributed by atoms with Crippen molar-refractivity contribution in [3.05, 3.63) is 0 Å². The van der Waals surface area contributed by atoms with Crippen LogP contribution < -0.4 is 0 Å². The molecule has 0 unspecified atom stereocenters. The molecule has 0 fully saturated rings. The van der Waals surface area contributed by atoms with E-state index in [9.17, 15) is 9.59 Å². The first-order valence-corrected chi connectivity index (χ1v) is 7.65. The van der Waals surface area contributed by atoms with Crippen molar-refractivity contribution < 1.29 is 24.5 Å². The highest BCUT2D eigenvalue weighted by atomic mass is 16.5. The molecule has 0 saturated heterocycles. The van der Waals surface area contributed by atoms with Crippen molar-refractivity contribution in [1.82, 2.24) is 0 Å². The summed E-state index contributed by atoms with van der Waals surface area (Å²) < 4.78 is 5.02. The van der Waals surface area contributed by atoms with Gasteiger partial charge in [0.15, 0.2) is 0 Å². The fourth-order valence-corrected chi connectivity index (χ4v) is 1.90. The maximum Gasteiger partial charge on any atom is 0.305 e. The lowest BCUT2D eigenvalue weighted by molar-refractivity contribution is -0.144. The highest BCUT2D eigenvalue weighted by Crippen LogP contribution is 2.10. The molecule has 0 aliphatic carbocycles. The number of unbranched alkanes of at least 4 members (excludes halogenated alkanes) is 7. The van der Waals surface area contributed by atoms with E-state index in [4.69, 9.17) is 14.9 Å². The van der Waals surface area contributed by atoms with E-state index in [1.807, 2.05) is 0 Å². The van der Waals surface area contributed by atoms with Gasteiger partial charge < -0.3 is 14.9 Å². The molecule has 20 heavy (non-hydrogen) atoms. The van der Waals surface area contributed by atoms with Crippen LogP contribution in [-0.4, -0.2) is 35.4 Å². The fraction of sp³-hybridized carbons (Fsp3) is 0.867. The third-order valence-corrected chi connectivity index (χ3v) is 3.09. The summed E-state index contributed by atoms with van der Waals surface area (Å²) in [5.41, 5.74) is 0. The number of carbonyl (C=O) groups is 2. The smallest absolute Gasteiger partial charge is 0.305 e. The largest absolute Gasteiger partial charge is 0.481 e. The minimum Gasteiger partial charge on any atom is -0.481 e. The summed E-state index contributed by atoms with van der Waals surface area (Å²) in [5.74, 6) is -0.869. The molecular weight excluding hydrogens is 260 g/mol. The normalized spacial score (nSPS) is 10.4. The molecule has 0 bridgehead atoms. The Kier molecular flexibility index (Phi) is 13.5. The van der Waals surface area contributed by atoms with E-state index in [1.165, 1.54) is 0 Å². The zero-order valence-electron chi connectivity index (χ0n) is 12.3. The van der Waals surface area contributed by atoms with Crippen LogP contribution in [0.25, 0.3) is 0 Å². The minimum absolute atomic E-state index is 0.143. The van der Waals surface area contributed by atoms with Gasteiger partial charge >= 0.3 is 11.9 Å². The lowest BCUT2D eigenvalue weighted by atomic mass is 10.1. The van der Waals surface area contributed by atoms with Crippen LogP contribution in [0.5, 0.6) is 0 Å². The Balaban J connectivity index is 3.15. The van der Waals surface area contributed by atoms with Crippen molar-refractivity contribution >= 4 is 11.9 Å². The summed E-state index contributed by atoms with van der Waals surface area (Å²) >= 11 is 0. The zero-order valence-corrected chi connectivity index (χ0v) is 12.3. The van der Waals surface area contributed by atoms with Gasteiger partial charge in [0.25, 0.3) is 0 Å². The maximum atomic E-state index is 11.3. The molecule has 0 saturated carbocycles. The van der Waals surface area contributed by atoms with Crippen molar-refractivity contribution in [1.29, 1.82) is 0 Å². The summed E-state index contributed by atoms with van der Waals surface area (Å²) in [4.78, 5) is 21.6. The van der Waals surface area contributed by atoms with E-state index in [0.717, 1.165) is 51.4 Å². The van der Waals surface area contributed by atoms with Crippen molar-refractivity contribution in [2.45, 2.75) is 70.6 Å². The van der Waals surface area contributed by atoms with Gasteiger partial charge in [0.05, 0.1) is 6.61 Å². The monoisotopic (exact) mass is 288 g/mol. The van der Waals surface area contributed by atoms with Crippen molar-refractivity contribution in [3.63, 3.8) is 0 Å². The average molecular weight is 288 g/mol. The van der Waals surface area contributed by atoms with Crippen LogP contribution in [0.4, 0.5) is 0 Å². The van der Waals surface area contributed by atoms with E-state index in [-0.39, 0.29) is 19.0 Å². The quantitative estimate of drug-likeness (QED) is 0.379. The molecule has 0 atom stereocenters. The lowest BCUT2D eigenvalue weighted by Crippen LogP contribution is -2.06. The molecule has 5 heteroatoms. The molecule has 0 aromatic rings. The second kappa shape index (κ2) is 14.3. The highest BCUT2D eigenvalue weighted by Gasteiger charge is 2.02. The van der Waals surface area contributed by atoms with Crippen LogP contribution in [-0.2, 0) is 14.3 Å². The second-order valence-electron chi connectivity index (χ2n) is 5.02. The van der Waals surface area contributed by atoms with Gasteiger partial charge in [-0.05, 0) is 25.7 Å². The van der Waals surface area contributed by atoms with Crippen molar-refractivity contribution in [3.8, 4) is 0 Å². The van der Waals surface area contributed by atoms with Crippen molar-refractivity contribution in [2.24, 2.45) is 0 Å². The van der Waals surface area contributed by atoms with Gasteiger partial charge in [0, 0.05) is 19.4 Å². The van der Waals surface area contributed by atoms with E-state index in [0.29, 0.717) is 19.4 Å². The van der Waals surface area contributed by atoms with Crippen molar-refractivity contribution in [2.75, 3.05) is 13.2 Å². The summed E-state index contributed by atoms with van der Waals surface area (Å²) in [6.45, 7) is 0.549. The Labute approximate surface area is 121 Å². The van der Waals surface area contributed by atoms with Gasteiger partial charge in [0.2, 0.25) is 0 Å². The number of rotatable bonds is 14. The molecular formula is C15H28O5. The molecule has 118 valence electrons. The van der Waals surface area contributed by atoms with E-state index in [2.05, 4.69) is 0 Å².